The molecule has 9 nitrogen and oxygen atoms in total. The Balaban J connectivity index is 1.23. The van der Waals surface area contributed by atoms with Crippen molar-refractivity contribution in [3.8, 4) is 5.75 Å². The van der Waals surface area contributed by atoms with Crippen LogP contribution in [-0.2, 0) is 22.7 Å². The number of benzene rings is 1. The van der Waals surface area contributed by atoms with Gasteiger partial charge in [0.25, 0.3) is 11.5 Å². The minimum absolute atomic E-state index is 0.00167. The molecule has 4 amide bonds. The number of hydrogen-bond donors (Lipinski definition) is 1. The number of piperidine rings is 1. The topological polar surface area (TPSA) is 101 Å². The van der Waals surface area contributed by atoms with Crippen LogP contribution < -0.4 is 15.6 Å². The monoisotopic (exact) mass is 450 g/mol. The minimum Gasteiger partial charge on any atom is -0.497 e. The molecule has 0 saturated carbocycles. The fourth-order valence-corrected chi connectivity index (χ4v) is 5.18. The second-order valence-electron chi connectivity index (χ2n) is 8.98. The van der Waals surface area contributed by atoms with E-state index in [0.29, 0.717) is 25.4 Å². The van der Waals surface area contributed by atoms with Crippen LogP contribution in [0.5, 0.6) is 5.75 Å². The first-order valence-corrected chi connectivity index (χ1v) is 11.1. The number of urea groups is 1. The molecule has 9 heteroatoms. The lowest BCUT2D eigenvalue weighted by molar-refractivity contribution is -0.137. The molecule has 0 aliphatic carbocycles. The summed E-state index contributed by atoms with van der Waals surface area (Å²) in [4.78, 5) is 53.5. The number of ether oxygens (including phenoxy) is 1. The Hall–Kier alpha value is -3.62. The van der Waals surface area contributed by atoms with Crippen molar-refractivity contribution < 1.29 is 19.1 Å². The van der Waals surface area contributed by atoms with Crippen molar-refractivity contribution in [3.63, 3.8) is 0 Å². The minimum atomic E-state index is -0.861. The highest BCUT2D eigenvalue weighted by Gasteiger charge is 2.41. The first kappa shape index (κ1) is 21.2. The fourth-order valence-electron chi connectivity index (χ4n) is 5.18. The van der Waals surface area contributed by atoms with Crippen molar-refractivity contribution >= 4 is 17.8 Å². The van der Waals surface area contributed by atoms with E-state index in [1.807, 2.05) is 10.6 Å². The lowest BCUT2D eigenvalue weighted by Gasteiger charge is -2.43. The molecule has 2 bridgehead atoms. The van der Waals surface area contributed by atoms with Crippen LogP contribution in [0.2, 0.25) is 0 Å². The highest BCUT2D eigenvalue weighted by Crippen LogP contribution is 2.35. The van der Waals surface area contributed by atoms with Crippen molar-refractivity contribution in [2.24, 2.45) is 5.92 Å². The van der Waals surface area contributed by atoms with E-state index in [2.05, 4.69) is 5.32 Å². The number of imide groups is 1. The highest BCUT2D eigenvalue weighted by molar-refractivity contribution is 6.05. The van der Waals surface area contributed by atoms with Crippen molar-refractivity contribution in [2.75, 3.05) is 20.2 Å². The third-order valence-corrected chi connectivity index (χ3v) is 6.82. The quantitative estimate of drug-likeness (QED) is 0.693. The molecule has 0 radical (unpaired) electrons. The van der Waals surface area contributed by atoms with Crippen LogP contribution in [0.4, 0.5) is 4.79 Å². The van der Waals surface area contributed by atoms with E-state index in [1.54, 1.807) is 48.4 Å². The number of methoxy groups -OCH3 is 1. The lowest BCUT2D eigenvalue weighted by atomic mass is 9.83. The van der Waals surface area contributed by atoms with Gasteiger partial charge in [-0.2, -0.15) is 0 Å². The fraction of sp³-hybridized carbons (Fsp3) is 0.417. The molecule has 3 atom stereocenters. The number of nitrogens with zero attached hydrogens (tertiary/aromatic N) is 3. The van der Waals surface area contributed by atoms with Gasteiger partial charge in [0.2, 0.25) is 5.91 Å². The molecule has 1 aromatic heterocycles. The van der Waals surface area contributed by atoms with E-state index in [1.165, 1.54) is 0 Å². The summed E-state index contributed by atoms with van der Waals surface area (Å²) in [5, 5.41) is 2.66. The molecule has 4 heterocycles. The number of carbonyl (C=O) groups excluding carboxylic acids is 3. The van der Waals surface area contributed by atoms with Gasteiger partial charge in [-0.15, -0.1) is 0 Å². The summed E-state index contributed by atoms with van der Waals surface area (Å²) in [6.45, 7) is 1.81. The summed E-state index contributed by atoms with van der Waals surface area (Å²) in [6, 6.07) is 11.1. The maximum atomic E-state index is 13.1. The number of fused-ring (bicyclic) bond motifs is 4. The molecule has 2 fully saturated rings. The molecule has 172 valence electrons. The molecule has 1 N–H and O–H groups in total. The smallest absolute Gasteiger partial charge is 0.325 e. The van der Waals surface area contributed by atoms with Crippen LogP contribution in [0, 0.1) is 5.92 Å². The Kier molecular flexibility index (Phi) is 5.39. The Morgan fingerprint density at radius 3 is 2.61 bits per heavy atom. The van der Waals surface area contributed by atoms with Crippen molar-refractivity contribution in [3.05, 3.63) is 64.1 Å². The Bertz CT molecular complexity index is 1160. The van der Waals surface area contributed by atoms with E-state index in [4.69, 9.17) is 4.74 Å². The number of carbonyl (C=O) groups is 3. The summed E-state index contributed by atoms with van der Waals surface area (Å²) in [5.74, 6) is 0.467. The SMILES string of the molecule is COc1ccc(CN2C(=O)NC(CC(=O)N3CC4CC(C3)c3cccc(=O)n3C4)C2=O)cc1. The molecule has 3 unspecified atom stereocenters. The van der Waals surface area contributed by atoms with E-state index in [9.17, 15) is 19.2 Å². The van der Waals surface area contributed by atoms with Crippen molar-refractivity contribution in [1.29, 1.82) is 0 Å². The van der Waals surface area contributed by atoms with Gasteiger partial charge in [-0.05, 0) is 36.1 Å². The number of nitrogens with one attached hydrogen (secondary N) is 1. The largest absolute Gasteiger partial charge is 0.497 e. The number of rotatable bonds is 5. The zero-order chi connectivity index (χ0) is 23.1. The van der Waals surface area contributed by atoms with E-state index in [0.717, 1.165) is 22.6 Å². The summed E-state index contributed by atoms with van der Waals surface area (Å²) < 4.78 is 6.95. The average molecular weight is 450 g/mol. The van der Waals surface area contributed by atoms with Crippen LogP contribution in [0.1, 0.15) is 30.0 Å². The Morgan fingerprint density at radius 2 is 1.85 bits per heavy atom. The number of amides is 4. The van der Waals surface area contributed by atoms with Gasteiger partial charge in [0.15, 0.2) is 0 Å². The summed E-state index contributed by atoms with van der Waals surface area (Å²) >= 11 is 0. The van der Waals surface area contributed by atoms with Gasteiger partial charge < -0.3 is 19.5 Å². The molecule has 0 spiro atoms. The molecule has 1 aromatic carbocycles. The normalized spacial score (nSPS) is 23.8. The lowest BCUT2D eigenvalue weighted by Crippen LogP contribution is -2.50. The van der Waals surface area contributed by atoms with E-state index in [-0.39, 0.29) is 36.3 Å². The predicted octanol–water partition coefficient (Wildman–Crippen LogP) is 1.31. The molecule has 2 aromatic rings. The Morgan fingerprint density at radius 1 is 1.06 bits per heavy atom. The summed E-state index contributed by atoms with van der Waals surface area (Å²) in [7, 11) is 1.57. The molecule has 3 aliphatic rings. The van der Waals surface area contributed by atoms with Crippen molar-refractivity contribution in [1.82, 2.24) is 19.7 Å². The highest BCUT2D eigenvalue weighted by atomic mass is 16.5. The summed E-state index contributed by atoms with van der Waals surface area (Å²) in [6.07, 6.45) is 0.882. The van der Waals surface area contributed by atoms with Gasteiger partial charge in [0.05, 0.1) is 20.1 Å². The number of hydrogen-bond acceptors (Lipinski definition) is 5. The van der Waals surface area contributed by atoms with E-state index >= 15 is 0 Å². The van der Waals surface area contributed by atoms with Crippen molar-refractivity contribution in [2.45, 2.75) is 37.9 Å². The second kappa shape index (κ2) is 8.38. The zero-order valence-corrected chi connectivity index (χ0v) is 18.4. The number of likely N-dealkylation sites (tertiary alicyclic amines) is 1. The molecule has 33 heavy (non-hydrogen) atoms. The van der Waals surface area contributed by atoms with Crippen LogP contribution >= 0.6 is 0 Å². The second-order valence-corrected chi connectivity index (χ2v) is 8.98. The molecule has 3 aliphatic heterocycles. The number of pyridine rings is 1. The first-order valence-electron chi connectivity index (χ1n) is 11.1. The van der Waals surface area contributed by atoms with Crippen LogP contribution in [0.25, 0.3) is 0 Å². The Labute approximate surface area is 190 Å². The van der Waals surface area contributed by atoms with Crippen LogP contribution in [-0.4, -0.2) is 58.5 Å². The maximum absolute atomic E-state index is 13.1. The van der Waals surface area contributed by atoms with Crippen LogP contribution in [0.3, 0.4) is 0 Å². The van der Waals surface area contributed by atoms with Gasteiger partial charge in [-0.3, -0.25) is 19.3 Å². The summed E-state index contributed by atoms with van der Waals surface area (Å²) in [5.41, 5.74) is 1.76. The predicted molar refractivity (Wildman–Crippen MR) is 119 cm³/mol. The molecule has 2 saturated heterocycles. The van der Waals surface area contributed by atoms with E-state index < -0.39 is 18.0 Å². The van der Waals surface area contributed by atoms with Gasteiger partial charge in [-0.25, -0.2) is 4.79 Å². The third-order valence-electron chi connectivity index (χ3n) is 6.82. The van der Waals surface area contributed by atoms with Gasteiger partial charge in [0, 0.05) is 37.3 Å². The molecular formula is C24H26N4O5. The zero-order valence-electron chi connectivity index (χ0n) is 18.4. The maximum Gasteiger partial charge on any atom is 0.325 e. The standard InChI is InChI=1S/C24H26N4O5/c1-33-18-7-5-15(6-8-18)12-28-23(31)19(25-24(28)32)10-22(30)26-11-16-9-17(14-26)20-3-2-4-21(29)27(20)13-16/h2-8,16-17,19H,9-14H2,1H3,(H,25,32). The van der Waals surface area contributed by atoms with Gasteiger partial charge in [-0.1, -0.05) is 18.2 Å². The van der Waals surface area contributed by atoms with Crippen LogP contribution in [0.15, 0.2) is 47.3 Å². The molecule has 5 rings (SSSR count). The van der Waals surface area contributed by atoms with Gasteiger partial charge >= 0.3 is 6.03 Å². The van der Waals surface area contributed by atoms with Gasteiger partial charge in [0.1, 0.15) is 11.8 Å². The molecular weight excluding hydrogens is 424 g/mol. The average Bonchev–Trinajstić information content (AvgIpc) is 3.07. The first-order chi connectivity index (χ1) is 15.9. The number of aromatic nitrogens is 1. The third kappa shape index (κ3) is 3.99.